The summed E-state index contributed by atoms with van der Waals surface area (Å²) in [5.74, 6) is -1.91. The summed E-state index contributed by atoms with van der Waals surface area (Å²) >= 11 is 0.616. The predicted molar refractivity (Wildman–Crippen MR) is 112 cm³/mol. The summed E-state index contributed by atoms with van der Waals surface area (Å²) in [7, 11) is -1.96. The number of nitrogens with one attached hydrogen (secondary N) is 2. The second kappa shape index (κ2) is 9.72. The highest BCUT2D eigenvalue weighted by Gasteiger charge is 2.32. The van der Waals surface area contributed by atoms with Crippen LogP contribution in [-0.4, -0.2) is 47.0 Å². The van der Waals surface area contributed by atoms with Crippen molar-refractivity contribution in [3.63, 3.8) is 0 Å². The van der Waals surface area contributed by atoms with E-state index in [-0.39, 0.29) is 31.8 Å². The summed E-state index contributed by atoms with van der Waals surface area (Å²) in [6.07, 6.45) is 0.792. The van der Waals surface area contributed by atoms with E-state index in [1.807, 2.05) is 6.92 Å². The monoisotopic (exact) mass is 454 g/mol. The molecule has 1 aromatic heterocycles. The Morgan fingerprint density at radius 2 is 1.63 bits per heavy atom. The van der Waals surface area contributed by atoms with Crippen LogP contribution in [0.2, 0.25) is 0 Å². The van der Waals surface area contributed by atoms with Crippen molar-refractivity contribution < 1.29 is 32.3 Å². The topological polar surface area (TPSA) is 128 Å². The van der Waals surface area contributed by atoms with Gasteiger partial charge in [-0.1, -0.05) is 6.92 Å². The fraction of sp³-hybridized carbons (Fsp3) is 0.316. The highest BCUT2D eigenvalue weighted by Crippen LogP contribution is 2.34. The van der Waals surface area contributed by atoms with Crippen molar-refractivity contribution in [2.24, 2.45) is 0 Å². The molecule has 0 radical (unpaired) electrons. The van der Waals surface area contributed by atoms with E-state index in [9.17, 15) is 22.8 Å². The number of hydrogen-bond donors (Lipinski definition) is 2. The van der Waals surface area contributed by atoms with Crippen LogP contribution in [0.5, 0.6) is 0 Å². The molecule has 0 aliphatic rings. The average Bonchev–Trinajstić information content (AvgIpc) is 3.09. The number of rotatable bonds is 8. The first-order chi connectivity index (χ1) is 14.2. The maximum Gasteiger partial charge on any atom is 0.348 e. The van der Waals surface area contributed by atoms with Crippen LogP contribution in [0, 0.1) is 6.92 Å². The Bertz CT molecular complexity index is 1060. The van der Waals surface area contributed by atoms with Gasteiger partial charge in [-0.2, -0.15) is 0 Å². The van der Waals surface area contributed by atoms with Crippen LogP contribution in [0.1, 0.15) is 49.3 Å². The largest absolute Gasteiger partial charge is 0.465 e. The lowest BCUT2D eigenvalue weighted by Crippen LogP contribution is -2.23. The molecule has 0 atom stereocenters. The Hall–Kier alpha value is -2.92. The molecule has 0 spiro atoms. The van der Waals surface area contributed by atoms with Gasteiger partial charge in [0.1, 0.15) is 4.88 Å². The average molecular weight is 455 g/mol. The number of hydrogen-bond acceptors (Lipinski definition) is 8. The first-order valence-electron chi connectivity index (χ1n) is 8.87. The van der Waals surface area contributed by atoms with Crippen LogP contribution in [0.15, 0.2) is 28.5 Å². The van der Waals surface area contributed by atoms with Gasteiger partial charge in [0.15, 0.2) is 4.21 Å². The van der Waals surface area contributed by atoms with E-state index < -0.39 is 22.0 Å². The molecule has 1 amide bonds. The zero-order valence-electron chi connectivity index (χ0n) is 16.9. The van der Waals surface area contributed by atoms with Crippen molar-refractivity contribution >= 4 is 44.9 Å². The quantitative estimate of drug-likeness (QED) is 0.587. The standard InChI is InChI=1S/C19H22N2O7S2/c1-5-10-20-16(22)12-6-8-13(9-7-12)21-30(25,26)19-14(17(23)27-3)11(2)15(29-19)18(24)28-4/h6-9,21H,5,10H2,1-4H3,(H,20,22). The molecular formula is C19H22N2O7S2. The molecule has 0 unspecified atom stereocenters. The number of ether oxygens (including phenoxy) is 2. The first-order valence-corrected chi connectivity index (χ1v) is 11.2. The van der Waals surface area contributed by atoms with Gasteiger partial charge in [-0.05, 0) is 43.2 Å². The smallest absolute Gasteiger partial charge is 0.348 e. The SMILES string of the molecule is CCCNC(=O)c1ccc(NS(=O)(=O)c2sc(C(=O)OC)c(C)c2C(=O)OC)cc1. The summed E-state index contributed by atoms with van der Waals surface area (Å²) in [6, 6.07) is 5.81. The van der Waals surface area contributed by atoms with Crippen molar-refractivity contribution in [1.82, 2.24) is 5.32 Å². The van der Waals surface area contributed by atoms with Crippen molar-refractivity contribution in [2.45, 2.75) is 24.5 Å². The van der Waals surface area contributed by atoms with Crippen LogP contribution in [-0.2, 0) is 19.5 Å². The number of carbonyl (C=O) groups excluding carboxylic acids is 3. The lowest BCUT2D eigenvalue weighted by atomic mass is 10.2. The third-order valence-corrected chi connectivity index (χ3v) is 7.23. The minimum atomic E-state index is -4.23. The number of benzene rings is 1. The molecule has 0 saturated carbocycles. The Labute approximate surface area is 178 Å². The molecular weight excluding hydrogens is 432 g/mol. The minimum absolute atomic E-state index is 0.0128. The van der Waals surface area contributed by atoms with Gasteiger partial charge in [-0.3, -0.25) is 9.52 Å². The van der Waals surface area contributed by atoms with E-state index in [1.165, 1.54) is 31.2 Å². The number of esters is 2. The molecule has 0 saturated heterocycles. The molecule has 0 aliphatic heterocycles. The van der Waals surface area contributed by atoms with Crippen molar-refractivity contribution in [3.8, 4) is 0 Å². The molecule has 0 bridgehead atoms. The molecule has 2 N–H and O–H groups in total. The van der Waals surface area contributed by atoms with Crippen LogP contribution < -0.4 is 10.0 Å². The molecule has 9 nitrogen and oxygen atoms in total. The molecule has 1 aromatic carbocycles. The Kier molecular flexibility index (Phi) is 7.57. The Balaban J connectivity index is 2.38. The highest BCUT2D eigenvalue weighted by atomic mass is 32.2. The van der Waals surface area contributed by atoms with Crippen LogP contribution in [0.4, 0.5) is 5.69 Å². The fourth-order valence-electron chi connectivity index (χ4n) is 2.53. The molecule has 162 valence electrons. The second-order valence-electron chi connectivity index (χ2n) is 6.14. The van der Waals surface area contributed by atoms with Crippen LogP contribution in [0.25, 0.3) is 0 Å². The number of amides is 1. The van der Waals surface area contributed by atoms with Crippen molar-refractivity contribution in [2.75, 3.05) is 25.5 Å². The molecule has 0 aliphatic carbocycles. The third-order valence-electron chi connectivity index (χ3n) is 4.05. The third kappa shape index (κ3) is 4.97. The van der Waals surface area contributed by atoms with Gasteiger partial charge >= 0.3 is 11.9 Å². The zero-order valence-corrected chi connectivity index (χ0v) is 18.5. The summed E-state index contributed by atoms with van der Waals surface area (Å²) in [4.78, 5) is 36.1. The van der Waals surface area contributed by atoms with Gasteiger partial charge in [0.25, 0.3) is 15.9 Å². The second-order valence-corrected chi connectivity index (χ2v) is 9.04. The molecule has 30 heavy (non-hydrogen) atoms. The van der Waals surface area contributed by atoms with E-state index in [0.717, 1.165) is 20.6 Å². The van der Waals surface area contributed by atoms with Crippen molar-refractivity contribution in [3.05, 3.63) is 45.8 Å². The molecule has 2 rings (SSSR count). The van der Waals surface area contributed by atoms with Gasteiger partial charge in [-0.15, -0.1) is 11.3 Å². The maximum atomic E-state index is 12.9. The van der Waals surface area contributed by atoms with E-state index in [4.69, 9.17) is 0 Å². The van der Waals surface area contributed by atoms with E-state index in [2.05, 4.69) is 19.5 Å². The van der Waals surface area contributed by atoms with Gasteiger partial charge in [-0.25, -0.2) is 18.0 Å². The molecule has 11 heteroatoms. The summed E-state index contributed by atoms with van der Waals surface area (Å²) < 4.78 is 37.2. The van der Waals surface area contributed by atoms with Gasteiger partial charge in [0.2, 0.25) is 0 Å². The van der Waals surface area contributed by atoms with E-state index in [0.29, 0.717) is 23.4 Å². The summed E-state index contributed by atoms with van der Waals surface area (Å²) in [5.41, 5.74) is 0.484. The molecule has 1 heterocycles. The minimum Gasteiger partial charge on any atom is -0.465 e. The molecule has 0 fully saturated rings. The predicted octanol–water partition coefficient (Wildman–Crippen LogP) is 2.57. The van der Waals surface area contributed by atoms with Crippen LogP contribution >= 0.6 is 11.3 Å². The number of methoxy groups -OCH3 is 2. The van der Waals surface area contributed by atoms with Gasteiger partial charge in [0.05, 0.1) is 19.8 Å². The maximum absolute atomic E-state index is 12.9. The number of anilines is 1. The van der Waals surface area contributed by atoms with E-state index in [1.54, 1.807) is 0 Å². The Morgan fingerprint density at radius 3 is 2.17 bits per heavy atom. The Morgan fingerprint density at radius 1 is 1.03 bits per heavy atom. The fourth-order valence-corrected chi connectivity index (χ4v) is 5.34. The van der Waals surface area contributed by atoms with Gasteiger partial charge in [0, 0.05) is 17.8 Å². The first kappa shape index (κ1) is 23.4. The molecule has 2 aromatic rings. The zero-order chi connectivity index (χ0) is 22.5. The summed E-state index contributed by atoms with van der Waals surface area (Å²) in [5, 5.41) is 2.72. The van der Waals surface area contributed by atoms with Crippen LogP contribution in [0.3, 0.4) is 0 Å². The highest BCUT2D eigenvalue weighted by molar-refractivity contribution is 7.94. The van der Waals surface area contributed by atoms with E-state index >= 15 is 0 Å². The van der Waals surface area contributed by atoms with Crippen molar-refractivity contribution in [1.29, 1.82) is 0 Å². The number of carbonyl (C=O) groups is 3. The summed E-state index contributed by atoms with van der Waals surface area (Å²) in [6.45, 7) is 3.90. The van der Waals surface area contributed by atoms with Gasteiger partial charge < -0.3 is 14.8 Å². The normalized spacial score (nSPS) is 10.9. The lowest BCUT2D eigenvalue weighted by molar-refractivity contribution is 0.0596. The lowest BCUT2D eigenvalue weighted by Gasteiger charge is -2.09. The number of thiophene rings is 1. The number of sulfonamides is 1.